The number of fused-ring (bicyclic) bond motifs is 1. The Balaban J connectivity index is 1.97. The van der Waals surface area contributed by atoms with E-state index in [1.165, 1.54) is 11.6 Å². The Morgan fingerprint density at radius 1 is 1.24 bits per heavy atom. The van der Waals surface area contributed by atoms with Crippen molar-refractivity contribution in [3.8, 4) is 5.75 Å². The maximum Gasteiger partial charge on any atom is 0.137 e. The summed E-state index contributed by atoms with van der Waals surface area (Å²) in [5.41, 5.74) is 3.42. The van der Waals surface area contributed by atoms with E-state index in [1.54, 1.807) is 0 Å². The van der Waals surface area contributed by atoms with Gasteiger partial charge in [0.15, 0.2) is 0 Å². The summed E-state index contributed by atoms with van der Waals surface area (Å²) < 4.78 is 19.6. The molecule has 1 heterocycles. The lowest BCUT2D eigenvalue weighted by Gasteiger charge is -2.18. The van der Waals surface area contributed by atoms with Crippen molar-refractivity contribution in [1.29, 1.82) is 0 Å². The van der Waals surface area contributed by atoms with E-state index in [1.807, 2.05) is 25.2 Å². The van der Waals surface area contributed by atoms with Crippen LogP contribution in [0.4, 0.5) is 4.39 Å². The third kappa shape index (κ3) is 2.83. The minimum atomic E-state index is -0.246. The zero-order valence-corrected chi connectivity index (χ0v) is 13.6. The molecule has 1 N–H and O–H groups in total. The first kappa shape index (κ1) is 14.5. The normalized spacial score (nSPS) is 18.2. The molecular formula is C17H17BrFNO. The number of halogens is 2. The number of benzene rings is 2. The van der Waals surface area contributed by atoms with Crippen molar-refractivity contribution in [1.82, 2.24) is 5.32 Å². The summed E-state index contributed by atoms with van der Waals surface area (Å²) in [5, 5.41) is 3.30. The summed E-state index contributed by atoms with van der Waals surface area (Å²) >= 11 is 3.25. The van der Waals surface area contributed by atoms with Crippen LogP contribution in [0.25, 0.3) is 0 Å². The maximum atomic E-state index is 13.4. The first-order chi connectivity index (χ1) is 10.1. The Hall–Kier alpha value is -1.39. The van der Waals surface area contributed by atoms with Gasteiger partial charge in [0, 0.05) is 6.42 Å². The van der Waals surface area contributed by atoms with Gasteiger partial charge in [-0.2, -0.15) is 0 Å². The van der Waals surface area contributed by atoms with Crippen molar-refractivity contribution in [3.05, 3.63) is 63.4 Å². The van der Waals surface area contributed by atoms with E-state index in [4.69, 9.17) is 4.74 Å². The fourth-order valence-corrected chi connectivity index (χ4v) is 3.24. The quantitative estimate of drug-likeness (QED) is 0.895. The zero-order chi connectivity index (χ0) is 15.0. The molecule has 0 fully saturated rings. The minimum absolute atomic E-state index is 0.0307. The van der Waals surface area contributed by atoms with Crippen LogP contribution in [0.1, 0.15) is 29.7 Å². The number of ether oxygens (including phenoxy) is 1. The number of hydrogen-bond donors (Lipinski definition) is 1. The topological polar surface area (TPSA) is 21.3 Å². The molecule has 0 spiro atoms. The molecule has 2 nitrogen and oxygen atoms in total. The number of hydrogen-bond acceptors (Lipinski definition) is 2. The lowest BCUT2D eigenvalue weighted by atomic mass is 9.96. The van der Waals surface area contributed by atoms with E-state index in [2.05, 4.69) is 40.3 Å². The van der Waals surface area contributed by atoms with Gasteiger partial charge in [0.25, 0.3) is 0 Å². The van der Waals surface area contributed by atoms with Gasteiger partial charge in [0.1, 0.15) is 17.7 Å². The molecular weight excluding hydrogens is 333 g/mol. The van der Waals surface area contributed by atoms with Gasteiger partial charge in [0.2, 0.25) is 0 Å². The minimum Gasteiger partial charge on any atom is -0.490 e. The van der Waals surface area contributed by atoms with E-state index in [0.29, 0.717) is 4.47 Å². The van der Waals surface area contributed by atoms with Crippen LogP contribution < -0.4 is 10.1 Å². The highest BCUT2D eigenvalue weighted by Crippen LogP contribution is 2.33. The monoisotopic (exact) mass is 349 g/mol. The first-order valence-corrected chi connectivity index (χ1v) is 7.79. The Kier molecular flexibility index (Phi) is 4.00. The van der Waals surface area contributed by atoms with Crippen molar-refractivity contribution in [2.45, 2.75) is 25.5 Å². The molecule has 2 atom stereocenters. The van der Waals surface area contributed by atoms with Crippen molar-refractivity contribution < 1.29 is 9.13 Å². The molecule has 0 saturated heterocycles. The van der Waals surface area contributed by atoms with Crippen LogP contribution in [0, 0.1) is 5.82 Å². The Morgan fingerprint density at radius 3 is 2.67 bits per heavy atom. The molecule has 2 aromatic carbocycles. The van der Waals surface area contributed by atoms with Gasteiger partial charge in [0.05, 0.1) is 10.5 Å². The predicted octanol–water partition coefficient (Wildman–Crippen LogP) is 4.22. The van der Waals surface area contributed by atoms with Gasteiger partial charge in [-0.3, -0.25) is 0 Å². The highest BCUT2D eigenvalue weighted by atomic mass is 79.9. The van der Waals surface area contributed by atoms with Gasteiger partial charge < -0.3 is 10.1 Å². The van der Waals surface area contributed by atoms with Crippen molar-refractivity contribution in [3.63, 3.8) is 0 Å². The molecule has 0 bridgehead atoms. The number of rotatable bonds is 3. The Bertz CT molecular complexity index is 674. The second kappa shape index (κ2) is 5.78. The lowest BCUT2D eigenvalue weighted by molar-refractivity contribution is 0.254. The fourth-order valence-electron chi connectivity index (χ4n) is 2.84. The van der Waals surface area contributed by atoms with Crippen LogP contribution in [-0.4, -0.2) is 13.2 Å². The Labute approximate surface area is 132 Å². The van der Waals surface area contributed by atoms with Gasteiger partial charge >= 0.3 is 0 Å². The zero-order valence-electron chi connectivity index (χ0n) is 12.0. The molecule has 1 aliphatic heterocycles. The van der Waals surface area contributed by atoms with E-state index in [9.17, 15) is 4.39 Å². The van der Waals surface area contributed by atoms with Crippen LogP contribution in [0.15, 0.2) is 40.9 Å². The highest BCUT2D eigenvalue weighted by Gasteiger charge is 2.21. The summed E-state index contributed by atoms with van der Waals surface area (Å²) in [6.45, 7) is 2.08. The van der Waals surface area contributed by atoms with E-state index < -0.39 is 0 Å². The third-order valence-corrected chi connectivity index (χ3v) is 4.43. The molecule has 3 rings (SSSR count). The van der Waals surface area contributed by atoms with Crippen LogP contribution in [0.5, 0.6) is 5.75 Å². The largest absolute Gasteiger partial charge is 0.490 e. The van der Waals surface area contributed by atoms with E-state index >= 15 is 0 Å². The molecule has 0 radical (unpaired) electrons. The summed E-state index contributed by atoms with van der Waals surface area (Å²) in [5.74, 6) is 0.728. The summed E-state index contributed by atoms with van der Waals surface area (Å²) in [7, 11) is 1.91. The molecule has 1 aliphatic rings. The van der Waals surface area contributed by atoms with Crippen LogP contribution >= 0.6 is 15.9 Å². The fraction of sp³-hybridized carbons (Fsp3) is 0.294. The second-order valence-corrected chi connectivity index (χ2v) is 6.25. The summed E-state index contributed by atoms with van der Waals surface area (Å²) in [6.07, 6.45) is 1.18. The van der Waals surface area contributed by atoms with Crippen LogP contribution in [-0.2, 0) is 6.42 Å². The van der Waals surface area contributed by atoms with Crippen molar-refractivity contribution >= 4 is 15.9 Å². The lowest BCUT2D eigenvalue weighted by Crippen LogP contribution is -2.17. The molecule has 0 saturated carbocycles. The van der Waals surface area contributed by atoms with Crippen molar-refractivity contribution in [2.24, 2.45) is 0 Å². The van der Waals surface area contributed by atoms with Gasteiger partial charge in [-0.1, -0.05) is 18.2 Å². The molecule has 4 heteroatoms. The van der Waals surface area contributed by atoms with E-state index in [0.717, 1.165) is 23.3 Å². The molecule has 2 unspecified atom stereocenters. The first-order valence-electron chi connectivity index (χ1n) is 7.00. The number of nitrogens with one attached hydrogen (secondary N) is 1. The molecule has 21 heavy (non-hydrogen) atoms. The van der Waals surface area contributed by atoms with Gasteiger partial charge in [-0.15, -0.1) is 0 Å². The molecule has 110 valence electrons. The van der Waals surface area contributed by atoms with Crippen LogP contribution in [0.2, 0.25) is 0 Å². The molecule has 0 aromatic heterocycles. The average molecular weight is 350 g/mol. The van der Waals surface area contributed by atoms with Crippen molar-refractivity contribution in [2.75, 3.05) is 7.05 Å². The highest BCUT2D eigenvalue weighted by molar-refractivity contribution is 9.10. The molecule has 0 aliphatic carbocycles. The average Bonchev–Trinajstić information content (AvgIpc) is 2.83. The van der Waals surface area contributed by atoms with E-state index in [-0.39, 0.29) is 18.0 Å². The Morgan fingerprint density at radius 2 is 1.95 bits per heavy atom. The predicted molar refractivity (Wildman–Crippen MR) is 85.2 cm³/mol. The second-order valence-electron chi connectivity index (χ2n) is 5.39. The smallest absolute Gasteiger partial charge is 0.137 e. The standard InChI is InChI=1S/C17H17BrFNO/c1-10-7-13-8-11(4-6-16(13)21-10)17(20-2)12-3-5-15(19)14(18)9-12/h3-6,8-10,17,20H,7H2,1-2H3. The van der Waals surface area contributed by atoms with Gasteiger partial charge in [-0.05, 0) is 64.8 Å². The molecule has 2 aromatic rings. The molecule has 0 amide bonds. The van der Waals surface area contributed by atoms with Crippen LogP contribution in [0.3, 0.4) is 0 Å². The summed E-state index contributed by atoms with van der Waals surface area (Å²) in [4.78, 5) is 0. The summed E-state index contributed by atoms with van der Waals surface area (Å²) in [6, 6.07) is 11.4. The maximum absolute atomic E-state index is 13.4. The van der Waals surface area contributed by atoms with Gasteiger partial charge in [-0.25, -0.2) is 4.39 Å². The SMILES string of the molecule is CNC(c1ccc(F)c(Br)c1)c1ccc2c(c1)CC(C)O2. The third-order valence-electron chi connectivity index (χ3n) is 3.82.